The van der Waals surface area contributed by atoms with Crippen LogP contribution >= 0.6 is 11.8 Å². The molecule has 1 N–H and O–H groups in total. The molecule has 0 saturated heterocycles. The molecule has 3 rings (SSSR count). The van der Waals surface area contributed by atoms with Crippen LogP contribution in [0.4, 0.5) is 0 Å². The Morgan fingerprint density at radius 2 is 1.89 bits per heavy atom. The average Bonchev–Trinajstić information content (AvgIpc) is 3.17. The molecule has 2 aromatic carbocycles. The van der Waals surface area contributed by atoms with Crippen LogP contribution in [0.5, 0.6) is 0 Å². The zero-order valence-electron chi connectivity index (χ0n) is 15.8. The molecule has 0 atom stereocenters. The van der Waals surface area contributed by atoms with E-state index in [1.807, 2.05) is 41.0 Å². The van der Waals surface area contributed by atoms with Gasteiger partial charge in [0.15, 0.2) is 0 Å². The van der Waals surface area contributed by atoms with E-state index in [0.29, 0.717) is 24.1 Å². The Kier molecular flexibility index (Phi) is 6.45. The molecule has 7 heteroatoms. The van der Waals surface area contributed by atoms with Crippen molar-refractivity contribution in [2.45, 2.75) is 36.1 Å². The van der Waals surface area contributed by atoms with E-state index >= 15 is 0 Å². The standard InChI is InChI=1S/C21H21N5OS/c1-15(2)26-14-24-25-20(26)11-12-23-21(27)17-8-4-6-10-19(17)28-18-9-5-3-7-16(18)13-22/h3-10,14-15H,11-12H2,1-2H3,(H,23,27). The predicted molar refractivity (Wildman–Crippen MR) is 108 cm³/mol. The van der Waals surface area contributed by atoms with Crippen molar-refractivity contribution in [3.05, 3.63) is 71.8 Å². The number of aromatic nitrogens is 3. The first-order chi connectivity index (χ1) is 13.6. The Hall–Kier alpha value is -3.11. The molecule has 0 aliphatic heterocycles. The van der Waals surface area contributed by atoms with Crippen molar-refractivity contribution >= 4 is 17.7 Å². The van der Waals surface area contributed by atoms with Crippen molar-refractivity contribution in [2.75, 3.05) is 6.54 Å². The molecule has 1 aromatic heterocycles. The lowest BCUT2D eigenvalue weighted by atomic mass is 10.2. The van der Waals surface area contributed by atoms with Crippen molar-refractivity contribution in [2.24, 2.45) is 0 Å². The molecular formula is C21H21N5OS. The van der Waals surface area contributed by atoms with Crippen molar-refractivity contribution < 1.29 is 4.79 Å². The van der Waals surface area contributed by atoms with Gasteiger partial charge in [0.05, 0.1) is 11.1 Å². The number of nitrogens with one attached hydrogen (secondary N) is 1. The zero-order valence-corrected chi connectivity index (χ0v) is 16.6. The molecule has 1 heterocycles. The first-order valence-corrected chi connectivity index (χ1v) is 9.84. The van der Waals surface area contributed by atoms with E-state index in [1.165, 1.54) is 11.8 Å². The maximum Gasteiger partial charge on any atom is 0.252 e. The maximum absolute atomic E-state index is 12.7. The normalized spacial score (nSPS) is 10.6. The van der Waals surface area contributed by atoms with Crippen molar-refractivity contribution in [1.29, 1.82) is 5.26 Å². The van der Waals surface area contributed by atoms with Crippen LogP contribution in [0.3, 0.4) is 0 Å². The third-order valence-corrected chi connectivity index (χ3v) is 5.35. The quantitative estimate of drug-likeness (QED) is 0.661. The monoisotopic (exact) mass is 391 g/mol. The largest absolute Gasteiger partial charge is 0.352 e. The SMILES string of the molecule is CC(C)n1cnnc1CCNC(=O)c1ccccc1Sc1ccccc1C#N. The Balaban J connectivity index is 1.69. The Morgan fingerprint density at radius 1 is 1.18 bits per heavy atom. The summed E-state index contributed by atoms with van der Waals surface area (Å²) in [6, 6.07) is 17.3. The summed E-state index contributed by atoms with van der Waals surface area (Å²) in [5, 5.41) is 20.3. The predicted octanol–water partition coefficient (Wildman–Crippen LogP) is 3.85. The van der Waals surface area contributed by atoms with Gasteiger partial charge in [-0.25, -0.2) is 0 Å². The summed E-state index contributed by atoms with van der Waals surface area (Å²) in [6.45, 7) is 4.61. The van der Waals surface area contributed by atoms with Crippen LogP contribution in [0, 0.1) is 11.3 Å². The molecule has 0 aliphatic rings. The second-order valence-corrected chi connectivity index (χ2v) is 7.54. The number of carbonyl (C=O) groups is 1. The minimum absolute atomic E-state index is 0.145. The number of carbonyl (C=O) groups excluding carboxylic acids is 1. The molecule has 0 fully saturated rings. The third-order valence-electron chi connectivity index (χ3n) is 4.20. The van der Waals surface area contributed by atoms with Crippen molar-refractivity contribution in [3.8, 4) is 6.07 Å². The summed E-state index contributed by atoms with van der Waals surface area (Å²) in [4.78, 5) is 14.4. The maximum atomic E-state index is 12.7. The Morgan fingerprint density at radius 3 is 2.64 bits per heavy atom. The number of nitrogens with zero attached hydrogens (tertiary/aromatic N) is 4. The van der Waals surface area contributed by atoms with Gasteiger partial charge in [-0.05, 0) is 38.1 Å². The highest BCUT2D eigenvalue weighted by molar-refractivity contribution is 7.99. The number of rotatable bonds is 7. The first-order valence-electron chi connectivity index (χ1n) is 9.02. The summed E-state index contributed by atoms with van der Waals surface area (Å²) in [5.41, 5.74) is 1.18. The van der Waals surface area contributed by atoms with Crippen LogP contribution in [0.2, 0.25) is 0 Å². The van der Waals surface area contributed by atoms with Gasteiger partial charge in [0.2, 0.25) is 0 Å². The van der Waals surface area contributed by atoms with Gasteiger partial charge in [-0.15, -0.1) is 10.2 Å². The molecule has 142 valence electrons. The van der Waals surface area contributed by atoms with Gasteiger partial charge in [0, 0.05) is 28.8 Å². The minimum atomic E-state index is -0.145. The van der Waals surface area contributed by atoms with Gasteiger partial charge >= 0.3 is 0 Å². The molecule has 0 aliphatic carbocycles. The smallest absolute Gasteiger partial charge is 0.252 e. The highest BCUT2D eigenvalue weighted by atomic mass is 32.2. The third kappa shape index (κ3) is 4.59. The fourth-order valence-electron chi connectivity index (χ4n) is 2.77. The topological polar surface area (TPSA) is 83.6 Å². The molecule has 0 spiro atoms. The fourth-order valence-corrected chi connectivity index (χ4v) is 3.79. The molecule has 6 nitrogen and oxygen atoms in total. The van der Waals surface area contributed by atoms with Crippen molar-refractivity contribution in [3.63, 3.8) is 0 Å². The van der Waals surface area contributed by atoms with Crippen LogP contribution in [0.15, 0.2) is 64.6 Å². The van der Waals surface area contributed by atoms with Gasteiger partial charge in [0.25, 0.3) is 5.91 Å². The number of hydrogen-bond donors (Lipinski definition) is 1. The lowest BCUT2D eigenvalue weighted by Gasteiger charge is -2.12. The zero-order chi connectivity index (χ0) is 19.9. The van der Waals surface area contributed by atoms with E-state index in [4.69, 9.17) is 0 Å². The summed E-state index contributed by atoms with van der Waals surface area (Å²) >= 11 is 1.42. The van der Waals surface area contributed by atoms with Gasteiger partial charge in [-0.1, -0.05) is 36.0 Å². The van der Waals surface area contributed by atoms with Crippen LogP contribution in [0.1, 0.15) is 41.6 Å². The summed E-state index contributed by atoms with van der Waals surface area (Å²) in [5.74, 6) is 0.703. The molecule has 28 heavy (non-hydrogen) atoms. The molecule has 1 amide bonds. The van der Waals surface area contributed by atoms with Gasteiger partial charge < -0.3 is 9.88 Å². The highest BCUT2D eigenvalue weighted by Crippen LogP contribution is 2.32. The van der Waals surface area contributed by atoms with E-state index < -0.39 is 0 Å². The fraction of sp³-hybridized carbons (Fsp3) is 0.238. The van der Waals surface area contributed by atoms with Crippen LogP contribution < -0.4 is 5.32 Å². The van der Waals surface area contributed by atoms with E-state index in [9.17, 15) is 10.1 Å². The average molecular weight is 392 g/mol. The van der Waals surface area contributed by atoms with E-state index in [-0.39, 0.29) is 11.9 Å². The lowest BCUT2D eigenvalue weighted by molar-refractivity contribution is 0.0951. The number of hydrogen-bond acceptors (Lipinski definition) is 5. The summed E-state index contributed by atoms with van der Waals surface area (Å²) in [7, 11) is 0. The van der Waals surface area contributed by atoms with E-state index in [2.05, 4.69) is 35.4 Å². The molecule has 0 bridgehead atoms. The van der Waals surface area contributed by atoms with Crippen LogP contribution in [-0.4, -0.2) is 27.2 Å². The van der Waals surface area contributed by atoms with Crippen LogP contribution in [0.25, 0.3) is 0 Å². The molecule has 0 saturated carbocycles. The highest BCUT2D eigenvalue weighted by Gasteiger charge is 2.14. The minimum Gasteiger partial charge on any atom is -0.352 e. The van der Waals surface area contributed by atoms with Crippen LogP contribution in [-0.2, 0) is 6.42 Å². The second kappa shape index (κ2) is 9.20. The number of benzene rings is 2. The number of amides is 1. The summed E-state index contributed by atoms with van der Waals surface area (Å²) in [6.07, 6.45) is 2.32. The Labute approximate surface area is 168 Å². The Bertz CT molecular complexity index is 1010. The molecule has 0 unspecified atom stereocenters. The molecule has 0 radical (unpaired) electrons. The van der Waals surface area contributed by atoms with Crippen molar-refractivity contribution in [1.82, 2.24) is 20.1 Å². The summed E-state index contributed by atoms with van der Waals surface area (Å²) < 4.78 is 1.99. The molecule has 3 aromatic rings. The number of nitriles is 1. The molecular weight excluding hydrogens is 370 g/mol. The lowest BCUT2D eigenvalue weighted by Crippen LogP contribution is -2.27. The van der Waals surface area contributed by atoms with Gasteiger partial charge in [-0.3, -0.25) is 4.79 Å². The van der Waals surface area contributed by atoms with Gasteiger partial charge in [-0.2, -0.15) is 5.26 Å². The van der Waals surface area contributed by atoms with Gasteiger partial charge in [0.1, 0.15) is 18.2 Å². The second-order valence-electron chi connectivity index (χ2n) is 6.46. The first kappa shape index (κ1) is 19.6. The van der Waals surface area contributed by atoms with E-state index in [1.54, 1.807) is 18.5 Å². The van der Waals surface area contributed by atoms with E-state index in [0.717, 1.165) is 15.6 Å².